The molecule has 2 nitrogen and oxygen atoms in total. The second-order valence-electron chi connectivity index (χ2n) is 3.51. The Morgan fingerprint density at radius 1 is 1.53 bits per heavy atom. The number of aromatic nitrogens is 1. The summed E-state index contributed by atoms with van der Waals surface area (Å²) in [7, 11) is 0. The van der Waals surface area contributed by atoms with E-state index in [1.54, 1.807) is 11.3 Å². The van der Waals surface area contributed by atoms with Gasteiger partial charge in [0.2, 0.25) is 0 Å². The predicted molar refractivity (Wildman–Crippen MR) is 70.9 cm³/mol. The van der Waals surface area contributed by atoms with Crippen LogP contribution in [0.25, 0.3) is 0 Å². The lowest BCUT2D eigenvalue weighted by molar-refractivity contribution is 0.624. The van der Waals surface area contributed by atoms with Crippen LogP contribution < -0.4 is 5.32 Å². The molecule has 15 heavy (non-hydrogen) atoms. The second kappa shape index (κ2) is 7.25. The number of likely N-dealkylation sites (N-methyl/N-ethyl adjacent to an activating group) is 1. The average molecular weight is 244 g/mol. The number of thioether (sulfide) groups is 1. The largest absolute Gasteiger partial charge is 0.316 e. The van der Waals surface area contributed by atoms with E-state index in [2.05, 4.69) is 36.5 Å². The SMILES string of the molecule is CCNCC(C)c1csc(CSCC)n1. The summed E-state index contributed by atoms with van der Waals surface area (Å²) in [6.07, 6.45) is 0. The summed E-state index contributed by atoms with van der Waals surface area (Å²) in [6, 6.07) is 0. The van der Waals surface area contributed by atoms with Crippen molar-refractivity contribution in [2.24, 2.45) is 0 Å². The summed E-state index contributed by atoms with van der Waals surface area (Å²) >= 11 is 3.73. The van der Waals surface area contributed by atoms with Crippen LogP contribution in [-0.2, 0) is 5.75 Å². The Hall–Kier alpha value is -0.0600. The van der Waals surface area contributed by atoms with Crippen LogP contribution in [0, 0.1) is 0 Å². The molecule has 0 fully saturated rings. The van der Waals surface area contributed by atoms with E-state index in [1.807, 2.05) is 11.8 Å². The number of rotatable bonds is 7. The third kappa shape index (κ3) is 4.53. The number of nitrogens with one attached hydrogen (secondary N) is 1. The lowest BCUT2D eigenvalue weighted by Gasteiger charge is -2.08. The molecule has 4 heteroatoms. The summed E-state index contributed by atoms with van der Waals surface area (Å²) in [5.74, 6) is 2.76. The van der Waals surface area contributed by atoms with Crippen LogP contribution in [0.3, 0.4) is 0 Å². The quantitative estimate of drug-likeness (QED) is 0.798. The second-order valence-corrected chi connectivity index (χ2v) is 5.73. The van der Waals surface area contributed by atoms with Crippen molar-refractivity contribution in [3.63, 3.8) is 0 Å². The van der Waals surface area contributed by atoms with Gasteiger partial charge in [0.15, 0.2) is 0 Å². The Bertz CT molecular complexity index is 273. The van der Waals surface area contributed by atoms with Crippen LogP contribution in [-0.4, -0.2) is 23.8 Å². The number of hydrogen-bond acceptors (Lipinski definition) is 4. The van der Waals surface area contributed by atoms with Gasteiger partial charge in [0.25, 0.3) is 0 Å². The molecule has 1 aromatic heterocycles. The van der Waals surface area contributed by atoms with Crippen molar-refractivity contribution in [2.45, 2.75) is 32.4 Å². The first-order chi connectivity index (χ1) is 7.27. The highest BCUT2D eigenvalue weighted by molar-refractivity contribution is 7.98. The summed E-state index contributed by atoms with van der Waals surface area (Å²) in [6.45, 7) is 8.62. The van der Waals surface area contributed by atoms with E-state index in [0.717, 1.165) is 18.8 Å². The minimum atomic E-state index is 0.529. The van der Waals surface area contributed by atoms with E-state index in [0.29, 0.717) is 5.92 Å². The van der Waals surface area contributed by atoms with Gasteiger partial charge in [0.1, 0.15) is 5.01 Å². The highest BCUT2D eigenvalue weighted by atomic mass is 32.2. The molecule has 0 radical (unpaired) electrons. The molecular formula is C11H20N2S2. The minimum absolute atomic E-state index is 0.529. The molecule has 0 aromatic carbocycles. The molecule has 86 valence electrons. The molecule has 1 rings (SSSR count). The van der Waals surface area contributed by atoms with Crippen LogP contribution in [0.2, 0.25) is 0 Å². The Balaban J connectivity index is 2.43. The van der Waals surface area contributed by atoms with Gasteiger partial charge in [0, 0.05) is 23.6 Å². The van der Waals surface area contributed by atoms with Crippen molar-refractivity contribution in [2.75, 3.05) is 18.8 Å². The fourth-order valence-corrected chi connectivity index (χ4v) is 2.94. The molecule has 0 aliphatic rings. The number of thiazole rings is 1. The van der Waals surface area contributed by atoms with Crippen molar-refractivity contribution >= 4 is 23.1 Å². The molecular weight excluding hydrogens is 224 g/mol. The molecule has 1 heterocycles. The van der Waals surface area contributed by atoms with E-state index >= 15 is 0 Å². The van der Waals surface area contributed by atoms with Crippen molar-refractivity contribution < 1.29 is 0 Å². The summed E-state index contributed by atoms with van der Waals surface area (Å²) < 4.78 is 0. The van der Waals surface area contributed by atoms with E-state index in [4.69, 9.17) is 0 Å². The summed E-state index contributed by atoms with van der Waals surface area (Å²) in [5, 5.41) is 6.82. The van der Waals surface area contributed by atoms with E-state index < -0.39 is 0 Å². The summed E-state index contributed by atoms with van der Waals surface area (Å²) in [5.41, 5.74) is 1.24. The molecule has 0 aliphatic carbocycles. The first-order valence-corrected chi connectivity index (χ1v) is 7.54. The lowest BCUT2D eigenvalue weighted by atomic mass is 10.1. The summed E-state index contributed by atoms with van der Waals surface area (Å²) in [4.78, 5) is 4.66. The fraction of sp³-hybridized carbons (Fsp3) is 0.727. The Morgan fingerprint density at radius 3 is 3.00 bits per heavy atom. The zero-order chi connectivity index (χ0) is 11.1. The molecule has 0 saturated heterocycles. The molecule has 1 aromatic rings. The smallest absolute Gasteiger partial charge is 0.103 e. The third-order valence-corrected chi connectivity index (χ3v) is 4.14. The van der Waals surface area contributed by atoms with Gasteiger partial charge in [-0.05, 0) is 12.3 Å². The van der Waals surface area contributed by atoms with E-state index in [1.165, 1.54) is 16.5 Å². The van der Waals surface area contributed by atoms with Crippen LogP contribution in [0.15, 0.2) is 5.38 Å². The molecule has 0 bridgehead atoms. The number of nitrogens with zero attached hydrogens (tertiary/aromatic N) is 1. The van der Waals surface area contributed by atoms with Gasteiger partial charge in [-0.3, -0.25) is 0 Å². The first-order valence-electron chi connectivity index (χ1n) is 5.50. The Kier molecular flexibility index (Phi) is 6.29. The molecule has 1 N–H and O–H groups in total. The van der Waals surface area contributed by atoms with Crippen LogP contribution >= 0.6 is 23.1 Å². The van der Waals surface area contributed by atoms with E-state index in [-0.39, 0.29) is 0 Å². The van der Waals surface area contributed by atoms with Gasteiger partial charge in [-0.15, -0.1) is 11.3 Å². The average Bonchev–Trinajstić information content (AvgIpc) is 2.71. The van der Waals surface area contributed by atoms with Gasteiger partial charge in [-0.25, -0.2) is 4.98 Å². The molecule has 0 saturated carbocycles. The molecule has 1 unspecified atom stereocenters. The Labute approximate surface area is 101 Å². The van der Waals surface area contributed by atoms with Crippen LogP contribution in [0.1, 0.15) is 37.4 Å². The maximum absolute atomic E-state index is 4.66. The molecule has 0 aliphatic heterocycles. The standard InChI is InChI=1S/C11H20N2S2/c1-4-12-6-9(3)10-7-15-11(13-10)8-14-5-2/h7,9,12H,4-6,8H2,1-3H3. The third-order valence-electron chi connectivity index (χ3n) is 2.20. The first kappa shape index (κ1) is 13.0. The van der Waals surface area contributed by atoms with Gasteiger partial charge in [-0.2, -0.15) is 11.8 Å². The highest BCUT2D eigenvalue weighted by Crippen LogP contribution is 2.21. The number of hydrogen-bond donors (Lipinski definition) is 1. The van der Waals surface area contributed by atoms with Crippen molar-refractivity contribution in [1.29, 1.82) is 0 Å². The maximum Gasteiger partial charge on any atom is 0.103 e. The molecule has 0 spiro atoms. The van der Waals surface area contributed by atoms with E-state index in [9.17, 15) is 0 Å². The zero-order valence-electron chi connectivity index (χ0n) is 9.75. The van der Waals surface area contributed by atoms with Gasteiger partial charge >= 0.3 is 0 Å². The molecule has 0 amide bonds. The lowest BCUT2D eigenvalue weighted by Crippen LogP contribution is -2.19. The minimum Gasteiger partial charge on any atom is -0.316 e. The van der Waals surface area contributed by atoms with Crippen molar-refractivity contribution in [3.05, 3.63) is 16.1 Å². The monoisotopic (exact) mass is 244 g/mol. The van der Waals surface area contributed by atoms with Crippen molar-refractivity contribution in [1.82, 2.24) is 10.3 Å². The van der Waals surface area contributed by atoms with Gasteiger partial charge in [0.05, 0.1) is 5.69 Å². The predicted octanol–water partition coefficient (Wildman–Crippen LogP) is 3.11. The van der Waals surface area contributed by atoms with Gasteiger partial charge in [-0.1, -0.05) is 20.8 Å². The Morgan fingerprint density at radius 2 is 2.33 bits per heavy atom. The van der Waals surface area contributed by atoms with Gasteiger partial charge < -0.3 is 5.32 Å². The molecule has 1 atom stereocenters. The normalized spacial score (nSPS) is 13.0. The van der Waals surface area contributed by atoms with Crippen LogP contribution in [0.4, 0.5) is 0 Å². The fourth-order valence-electron chi connectivity index (χ4n) is 1.27. The highest BCUT2D eigenvalue weighted by Gasteiger charge is 2.09. The maximum atomic E-state index is 4.66. The topological polar surface area (TPSA) is 24.9 Å². The zero-order valence-corrected chi connectivity index (χ0v) is 11.4. The van der Waals surface area contributed by atoms with Crippen LogP contribution in [0.5, 0.6) is 0 Å². The van der Waals surface area contributed by atoms with Crippen molar-refractivity contribution in [3.8, 4) is 0 Å².